The largest absolute Gasteiger partial charge is 0.464 e. The first-order valence-electron chi connectivity index (χ1n) is 6.31. The molecule has 1 atom stereocenters. The molecule has 4 heteroatoms. The highest BCUT2D eigenvalue weighted by molar-refractivity contribution is 5.85. The molecule has 98 valence electrons. The highest BCUT2D eigenvalue weighted by Gasteiger charge is 2.36. The lowest BCUT2D eigenvalue weighted by Gasteiger charge is -2.26. The maximum absolute atomic E-state index is 12.1. The second-order valence-electron chi connectivity index (χ2n) is 5.73. The number of likely N-dealkylation sites (tertiary alicyclic amines) is 1. The van der Waals surface area contributed by atoms with Crippen LogP contribution in [-0.4, -0.2) is 36.0 Å². The fourth-order valence-corrected chi connectivity index (χ4v) is 2.10. The van der Waals surface area contributed by atoms with E-state index in [-0.39, 0.29) is 23.3 Å². The van der Waals surface area contributed by atoms with E-state index in [9.17, 15) is 9.59 Å². The molecular formula is C13H23NO3. The van der Waals surface area contributed by atoms with Crippen LogP contribution >= 0.6 is 0 Å². The molecule has 1 heterocycles. The fourth-order valence-electron chi connectivity index (χ4n) is 2.10. The summed E-state index contributed by atoms with van der Waals surface area (Å²) in [6, 6.07) is -0.357. The van der Waals surface area contributed by atoms with Gasteiger partial charge in [0.15, 0.2) is 0 Å². The standard InChI is InChI=1S/C13H23NO3/c1-5-17-12(16)10-7-6-8-14(10)11(15)9-13(2,3)4/h10H,5-9H2,1-4H3. The van der Waals surface area contributed by atoms with Gasteiger partial charge < -0.3 is 9.64 Å². The van der Waals surface area contributed by atoms with Crippen LogP contribution in [0, 0.1) is 5.41 Å². The van der Waals surface area contributed by atoms with E-state index in [0.717, 1.165) is 12.8 Å². The van der Waals surface area contributed by atoms with E-state index in [2.05, 4.69) is 0 Å². The lowest BCUT2D eigenvalue weighted by Crippen LogP contribution is -2.42. The molecule has 1 fully saturated rings. The van der Waals surface area contributed by atoms with Gasteiger partial charge in [-0.15, -0.1) is 0 Å². The van der Waals surface area contributed by atoms with Crippen LogP contribution in [0.4, 0.5) is 0 Å². The van der Waals surface area contributed by atoms with Gasteiger partial charge in [0.05, 0.1) is 6.61 Å². The van der Waals surface area contributed by atoms with Crippen molar-refractivity contribution < 1.29 is 14.3 Å². The van der Waals surface area contributed by atoms with Crippen LogP contribution in [0.2, 0.25) is 0 Å². The number of amides is 1. The van der Waals surface area contributed by atoms with Crippen molar-refractivity contribution in [1.82, 2.24) is 4.90 Å². The molecule has 1 aliphatic rings. The third kappa shape index (κ3) is 4.02. The molecule has 1 amide bonds. The number of carbonyl (C=O) groups is 2. The number of rotatable bonds is 3. The number of hydrogen-bond acceptors (Lipinski definition) is 3. The maximum Gasteiger partial charge on any atom is 0.328 e. The van der Waals surface area contributed by atoms with Crippen molar-refractivity contribution in [3.8, 4) is 0 Å². The summed E-state index contributed by atoms with van der Waals surface area (Å²) in [4.78, 5) is 25.5. The lowest BCUT2D eigenvalue weighted by molar-refractivity contribution is -0.153. The maximum atomic E-state index is 12.1. The van der Waals surface area contributed by atoms with Crippen molar-refractivity contribution in [2.24, 2.45) is 5.41 Å². The van der Waals surface area contributed by atoms with Crippen LogP contribution in [0.25, 0.3) is 0 Å². The van der Waals surface area contributed by atoms with Gasteiger partial charge in [0.2, 0.25) is 5.91 Å². The number of ether oxygens (including phenoxy) is 1. The molecule has 1 aliphatic heterocycles. The summed E-state index contributed by atoms with van der Waals surface area (Å²) < 4.78 is 5.00. The van der Waals surface area contributed by atoms with Gasteiger partial charge in [-0.2, -0.15) is 0 Å². The molecular weight excluding hydrogens is 218 g/mol. The summed E-state index contributed by atoms with van der Waals surface area (Å²) in [5, 5.41) is 0. The second-order valence-corrected chi connectivity index (χ2v) is 5.73. The minimum absolute atomic E-state index is 0.0428. The Morgan fingerprint density at radius 1 is 1.35 bits per heavy atom. The van der Waals surface area contributed by atoms with Gasteiger partial charge in [-0.25, -0.2) is 4.79 Å². The topological polar surface area (TPSA) is 46.6 Å². The van der Waals surface area contributed by atoms with Crippen LogP contribution in [0.15, 0.2) is 0 Å². The van der Waals surface area contributed by atoms with E-state index in [0.29, 0.717) is 19.6 Å². The zero-order valence-electron chi connectivity index (χ0n) is 11.3. The molecule has 0 N–H and O–H groups in total. The molecule has 0 radical (unpaired) electrons. The Morgan fingerprint density at radius 3 is 2.53 bits per heavy atom. The molecule has 0 bridgehead atoms. The van der Waals surface area contributed by atoms with Crippen molar-refractivity contribution in [3.05, 3.63) is 0 Å². The van der Waals surface area contributed by atoms with Gasteiger partial charge in [0.25, 0.3) is 0 Å². The monoisotopic (exact) mass is 241 g/mol. The number of nitrogens with zero attached hydrogens (tertiary/aromatic N) is 1. The first kappa shape index (κ1) is 14.0. The quantitative estimate of drug-likeness (QED) is 0.710. The van der Waals surface area contributed by atoms with Gasteiger partial charge in [-0.05, 0) is 25.2 Å². The Hall–Kier alpha value is -1.06. The fraction of sp³-hybridized carbons (Fsp3) is 0.846. The van der Waals surface area contributed by atoms with E-state index in [1.807, 2.05) is 20.8 Å². The van der Waals surface area contributed by atoms with Gasteiger partial charge >= 0.3 is 5.97 Å². The van der Waals surface area contributed by atoms with Gasteiger partial charge in [-0.1, -0.05) is 20.8 Å². The minimum atomic E-state index is -0.357. The van der Waals surface area contributed by atoms with Crippen LogP contribution in [0.3, 0.4) is 0 Å². The molecule has 4 nitrogen and oxygen atoms in total. The van der Waals surface area contributed by atoms with Crippen LogP contribution < -0.4 is 0 Å². The Balaban J connectivity index is 2.63. The normalized spacial score (nSPS) is 20.5. The number of carbonyl (C=O) groups excluding carboxylic acids is 2. The molecule has 0 saturated carbocycles. The molecule has 0 aliphatic carbocycles. The van der Waals surface area contributed by atoms with Gasteiger partial charge in [0, 0.05) is 13.0 Å². The molecule has 1 unspecified atom stereocenters. The van der Waals surface area contributed by atoms with E-state index in [1.54, 1.807) is 11.8 Å². The second kappa shape index (κ2) is 5.52. The Kier molecular flexibility index (Phi) is 4.54. The van der Waals surface area contributed by atoms with E-state index < -0.39 is 0 Å². The zero-order chi connectivity index (χ0) is 13.1. The molecule has 1 saturated heterocycles. The predicted molar refractivity (Wildman–Crippen MR) is 65.4 cm³/mol. The number of hydrogen-bond donors (Lipinski definition) is 0. The molecule has 0 spiro atoms. The van der Waals surface area contributed by atoms with Crippen molar-refractivity contribution >= 4 is 11.9 Å². The molecule has 0 aromatic heterocycles. The highest BCUT2D eigenvalue weighted by Crippen LogP contribution is 2.25. The highest BCUT2D eigenvalue weighted by atomic mass is 16.5. The van der Waals surface area contributed by atoms with Gasteiger partial charge in [-0.3, -0.25) is 4.79 Å². The van der Waals surface area contributed by atoms with Crippen molar-refractivity contribution in [2.45, 2.75) is 53.0 Å². The molecule has 1 rings (SSSR count). The minimum Gasteiger partial charge on any atom is -0.464 e. The Labute approximate surface area is 103 Å². The first-order chi connectivity index (χ1) is 7.85. The van der Waals surface area contributed by atoms with Crippen LogP contribution in [-0.2, 0) is 14.3 Å². The lowest BCUT2D eigenvalue weighted by atomic mass is 9.91. The van der Waals surface area contributed by atoms with E-state index >= 15 is 0 Å². The summed E-state index contributed by atoms with van der Waals surface area (Å²) in [6.45, 7) is 8.92. The molecule has 17 heavy (non-hydrogen) atoms. The summed E-state index contributed by atoms with van der Waals surface area (Å²) >= 11 is 0. The first-order valence-corrected chi connectivity index (χ1v) is 6.31. The average Bonchev–Trinajstić information content (AvgIpc) is 2.63. The molecule has 0 aromatic carbocycles. The average molecular weight is 241 g/mol. The third-order valence-electron chi connectivity index (χ3n) is 2.81. The smallest absolute Gasteiger partial charge is 0.328 e. The van der Waals surface area contributed by atoms with E-state index in [4.69, 9.17) is 4.74 Å². The summed E-state index contributed by atoms with van der Waals surface area (Å²) in [7, 11) is 0. The number of esters is 1. The summed E-state index contributed by atoms with van der Waals surface area (Å²) in [5.41, 5.74) is -0.0428. The van der Waals surface area contributed by atoms with Crippen molar-refractivity contribution in [1.29, 1.82) is 0 Å². The van der Waals surface area contributed by atoms with E-state index in [1.165, 1.54) is 0 Å². The molecule has 0 aromatic rings. The third-order valence-corrected chi connectivity index (χ3v) is 2.81. The van der Waals surface area contributed by atoms with Crippen LogP contribution in [0.5, 0.6) is 0 Å². The van der Waals surface area contributed by atoms with Crippen molar-refractivity contribution in [3.63, 3.8) is 0 Å². The Morgan fingerprint density at radius 2 is 2.00 bits per heavy atom. The SMILES string of the molecule is CCOC(=O)C1CCCN1C(=O)CC(C)(C)C. The summed E-state index contributed by atoms with van der Waals surface area (Å²) in [5.74, 6) is -0.194. The predicted octanol–water partition coefficient (Wildman–Crippen LogP) is 1.98. The Bertz CT molecular complexity index is 294. The van der Waals surface area contributed by atoms with Crippen LogP contribution in [0.1, 0.15) is 47.0 Å². The van der Waals surface area contributed by atoms with Gasteiger partial charge in [0.1, 0.15) is 6.04 Å². The summed E-state index contributed by atoms with van der Waals surface area (Å²) in [6.07, 6.45) is 2.09. The van der Waals surface area contributed by atoms with Crippen molar-refractivity contribution in [2.75, 3.05) is 13.2 Å². The zero-order valence-corrected chi connectivity index (χ0v) is 11.3.